The van der Waals surface area contributed by atoms with Gasteiger partial charge in [-0.05, 0) is 57.8 Å². The van der Waals surface area contributed by atoms with E-state index in [2.05, 4.69) is 13.8 Å². The zero-order valence-electron chi connectivity index (χ0n) is 9.83. The van der Waals surface area contributed by atoms with Gasteiger partial charge in [0.05, 0.1) is 17.3 Å². The molecule has 3 aliphatic rings. The lowest BCUT2D eigenvalue weighted by molar-refractivity contribution is -0.185. The summed E-state index contributed by atoms with van der Waals surface area (Å²) in [6.07, 6.45) is 6.85. The molecule has 1 heterocycles. The molecule has 1 saturated heterocycles. The van der Waals surface area contributed by atoms with Crippen molar-refractivity contribution >= 4 is 0 Å². The SMILES string of the molecule is CC1(C)O[C@]23CC1CCC2CCC[C@H]3O. The quantitative estimate of drug-likeness (QED) is 0.665. The van der Waals surface area contributed by atoms with E-state index < -0.39 is 0 Å². The van der Waals surface area contributed by atoms with Crippen LogP contribution < -0.4 is 0 Å². The Morgan fingerprint density at radius 1 is 1.07 bits per heavy atom. The molecule has 0 radical (unpaired) electrons. The van der Waals surface area contributed by atoms with Crippen molar-refractivity contribution in [3.8, 4) is 0 Å². The first kappa shape index (κ1) is 10.1. The van der Waals surface area contributed by atoms with Gasteiger partial charge in [0, 0.05) is 0 Å². The maximum Gasteiger partial charge on any atom is 0.0979 e. The fourth-order valence-electron chi connectivity index (χ4n) is 4.26. The van der Waals surface area contributed by atoms with E-state index in [4.69, 9.17) is 4.74 Å². The van der Waals surface area contributed by atoms with Crippen molar-refractivity contribution in [2.45, 2.75) is 69.7 Å². The molecule has 1 spiro atoms. The van der Waals surface area contributed by atoms with Crippen LogP contribution in [0.5, 0.6) is 0 Å². The van der Waals surface area contributed by atoms with Gasteiger partial charge < -0.3 is 9.84 Å². The van der Waals surface area contributed by atoms with E-state index >= 15 is 0 Å². The number of aliphatic hydroxyl groups excluding tert-OH is 1. The summed E-state index contributed by atoms with van der Waals surface area (Å²) in [5.74, 6) is 1.29. The Morgan fingerprint density at radius 2 is 1.80 bits per heavy atom. The molecule has 2 unspecified atom stereocenters. The molecule has 2 nitrogen and oxygen atoms in total. The predicted molar refractivity (Wildman–Crippen MR) is 58.6 cm³/mol. The fraction of sp³-hybridized carbons (Fsp3) is 1.00. The monoisotopic (exact) mass is 210 g/mol. The molecule has 1 aliphatic heterocycles. The molecule has 0 aromatic heterocycles. The van der Waals surface area contributed by atoms with Gasteiger partial charge in [-0.25, -0.2) is 0 Å². The molecule has 0 amide bonds. The molecular weight excluding hydrogens is 188 g/mol. The van der Waals surface area contributed by atoms with Crippen LogP contribution in [0, 0.1) is 11.8 Å². The van der Waals surface area contributed by atoms with Crippen LogP contribution in [0.1, 0.15) is 52.4 Å². The minimum Gasteiger partial charge on any atom is -0.390 e. The van der Waals surface area contributed by atoms with Gasteiger partial charge in [0.1, 0.15) is 0 Å². The van der Waals surface area contributed by atoms with Crippen molar-refractivity contribution in [3.63, 3.8) is 0 Å². The summed E-state index contributed by atoms with van der Waals surface area (Å²) in [6, 6.07) is 0. The molecule has 15 heavy (non-hydrogen) atoms. The van der Waals surface area contributed by atoms with Crippen LogP contribution in [0.25, 0.3) is 0 Å². The molecule has 0 aromatic rings. The Bertz CT molecular complexity index is 274. The molecule has 0 aromatic carbocycles. The number of fused-ring (bicyclic) bond motifs is 1. The number of rotatable bonds is 0. The Balaban J connectivity index is 1.97. The standard InChI is InChI=1S/C13H22O2/c1-12(2)10-7-6-9-4-3-5-11(14)13(9,8-10)15-12/h9-11,14H,3-8H2,1-2H3/t9?,10?,11-,13-/m1/s1. The Kier molecular flexibility index (Phi) is 2.01. The zero-order chi connectivity index (χ0) is 10.7. The second-order valence-electron chi connectivity index (χ2n) is 6.28. The van der Waals surface area contributed by atoms with Crippen LogP contribution in [-0.4, -0.2) is 22.4 Å². The molecule has 3 rings (SSSR count). The van der Waals surface area contributed by atoms with Crippen molar-refractivity contribution in [1.82, 2.24) is 0 Å². The van der Waals surface area contributed by atoms with Crippen LogP contribution in [0.15, 0.2) is 0 Å². The second kappa shape index (κ2) is 2.98. The summed E-state index contributed by atoms with van der Waals surface area (Å²) in [4.78, 5) is 0. The van der Waals surface area contributed by atoms with Gasteiger partial charge in [-0.1, -0.05) is 6.42 Å². The first-order chi connectivity index (χ1) is 7.05. The zero-order valence-corrected chi connectivity index (χ0v) is 9.83. The van der Waals surface area contributed by atoms with Crippen molar-refractivity contribution < 1.29 is 9.84 Å². The highest BCUT2D eigenvalue weighted by atomic mass is 16.5. The molecule has 1 N–H and O–H groups in total. The van der Waals surface area contributed by atoms with E-state index in [9.17, 15) is 5.11 Å². The van der Waals surface area contributed by atoms with E-state index in [1.54, 1.807) is 0 Å². The van der Waals surface area contributed by atoms with E-state index in [0.29, 0.717) is 11.8 Å². The molecule has 86 valence electrons. The lowest BCUT2D eigenvalue weighted by Crippen LogP contribution is -2.52. The van der Waals surface area contributed by atoms with Gasteiger partial charge in [-0.15, -0.1) is 0 Å². The fourth-order valence-corrected chi connectivity index (χ4v) is 4.26. The van der Waals surface area contributed by atoms with Gasteiger partial charge >= 0.3 is 0 Å². The lowest BCUT2D eigenvalue weighted by Gasteiger charge is -2.46. The van der Waals surface area contributed by atoms with Crippen LogP contribution in [-0.2, 0) is 4.74 Å². The van der Waals surface area contributed by atoms with Crippen LogP contribution >= 0.6 is 0 Å². The third kappa shape index (κ3) is 1.24. The summed E-state index contributed by atoms with van der Waals surface area (Å²) in [6.45, 7) is 4.41. The smallest absolute Gasteiger partial charge is 0.0979 e. The summed E-state index contributed by atoms with van der Waals surface area (Å²) >= 11 is 0. The maximum absolute atomic E-state index is 10.3. The van der Waals surface area contributed by atoms with E-state index in [1.165, 1.54) is 25.7 Å². The summed E-state index contributed by atoms with van der Waals surface area (Å²) in [5, 5.41) is 10.3. The normalized spacial score (nSPS) is 52.6. The van der Waals surface area contributed by atoms with Crippen LogP contribution in [0.4, 0.5) is 0 Å². The third-order valence-corrected chi connectivity index (χ3v) is 5.15. The van der Waals surface area contributed by atoms with Gasteiger partial charge in [0.25, 0.3) is 0 Å². The Morgan fingerprint density at radius 3 is 2.60 bits per heavy atom. The largest absolute Gasteiger partial charge is 0.390 e. The molecule has 2 aliphatic carbocycles. The average molecular weight is 210 g/mol. The Labute approximate surface area is 92.0 Å². The van der Waals surface area contributed by atoms with Crippen LogP contribution in [0.2, 0.25) is 0 Å². The second-order valence-corrected chi connectivity index (χ2v) is 6.28. The van der Waals surface area contributed by atoms with E-state index in [-0.39, 0.29) is 17.3 Å². The highest BCUT2D eigenvalue weighted by molar-refractivity contribution is 5.10. The Hall–Kier alpha value is -0.0800. The highest BCUT2D eigenvalue weighted by Gasteiger charge is 2.61. The van der Waals surface area contributed by atoms with Gasteiger partial charge in [0.2, 0.25) is 0 Å². The number of ether oxygens (including phenoxy) is 1. The summed E-state index contributed by atoms with van der Waals surface area (Å²) < 4.78 is 6.33. The van der Waals surface area contributed by atoms with Crippen LogP contribution in [0.3, 0.4) is 0 Å². The average Bonchev–Trinajstić information content (AvgIpc) is 2.38. The number of hydrogen-bond acceptors (Lipinski definition) is 2. The molecule has 4 atom stereocenters. The minimum atomic E-state index is -0.208. The van der Waals surface area contributed by atoms with Crippen molar-refractivity contribution in [2.24, 2.45) is 11.8 Å². The summed E-state index contributed by atoms with van der Waals surface area (Å²) in [5.41, 5.74) is -0.169. The first-order valence-electron chi connectivity index (χ1n) is 6.43. The maximum atomic E-state index is 10.3. The lowest BCUT2D eigenvalue weighted by atomic mass is 9.63. The van der Waals surface area contributed by atoms with Crippen molar-refractivity contribution in [2.75, 3.05) is 0 Å². The van der Waals surface area contributed by atoms with Gasteiger partial charge in [-0.2, -0.15) is 0 Å². The number of hydrogen-bond donors (Lipinski definition) is 1. The van der Waals surface area contributed by atoms with Crippen molar-refractivity contribution in [3.05, 3.63) is 0 Å². The molecular formula is C13H22O2. The van der Waals surface area contributed by atoms with Gasteiger partial charge in [0.15, 0.2) is 0 Å². The molecule has 2 saturated carbocycles. The topological polar surface area (TPSA) is 29.5 Å². The number of aliphatic hydroxyl groups is 1. The highest BCUT2D eigenvalue weighted by Crippen LogP contribution is 2.58. The van der Waals surface area contributed by atoms with E-state index in [0.717, 1.165) is 12.8 Å². The predicted octanol–water partition coefficient (Wildman–Crippen LogP) is 2.50. The van der Waals surface area contributed by atoms with Gasteiger partial charge in [-0.3, -0.25) is 0 Å². The third-order valence-electron chi connectivity index (χ3n) is 5.15. The van der Waals surface area contributed by atoms with Crippen molar-refractivity contribution in [1.29, 1.82) is 0 Å². The first-order valence-corrected chi connectivity index (χ1v) is 6.43. The minimum absolute atomic E-state index is 0.00687. The molecule has 3 fully saturated rings. The molecule has 2 heteroatoms. The summed E-state index contributed by atoms with van der Waals surface area (Å²) in [7, 11) is 0. The van der Waals surface area contributed by atoms with E-state index in [1.807, 2.05) is 0 Å². The molecule has 2 bridgehead atoms.